The van der Waals surface area contributed by atoms with Crippen molar-refractivity contribution in [3.05, 3.63) is 0 Å². The van der Waals surface area contributed by atoms with Crippen LogP contribution in [-0.2, 0) is 19.1 Å². The van der Waals surface area contributed by atoms with Gasteiger partial charge in [-0.1, -0.05) is 96.8 Å². The Labute approximate surface area is 205 Å². The number of nitrogens with one attached hydrogen (secondary N) is 1. The highest BCUT2D eigenvalue weighted by atomic mass is 32.2. The van der Waals surface area contributed by atoms with Crippen LogP contribution in [-0.4, -0.2) is 32.7 Å². The Morgan fingerprint density at radius 2 is 1.15 bits per heavy atom. The van der Waals surface area contributed by atoms with Crippen LogP contribution in [0.2, 0.25) is 0 Å². The van der Waals surface area contributed by atoms with E-state index in [9.17, 15) is 13.2 Å². The topological polar surface area (TPSA) is 142 Å². The fourth-order valence-corrected chi connectivity index (χ4v) is 4.88. The molecule has 0 aliphatic heterocycles. The van der Waals surface area contributed by atoms with E-state index < -0.39 is 10.1 Å². The monoisotopic (exact) mass is 495 g/mol. The predicted octanol–water partition coefficient (Wildman–Crippen LogP) is 7.22. The maximum absolute atomic E-state index is 12.0. The quantitative estimate of drug-likeness (QED) is 0.101. The van der Waals surface area contributed by atoms with Gasteiger partial charge in [-0.05, 0) is 33.1 Å². The highest BCUT2D eigenvalue weighted by Gasteiger charge is 2.12. The third kappa shape index (κ3) is 27.4. The first-order valence-electron chi connectivity index (χ1n) is 13.1. The number of amides is 1. The van der Waals surface area contributed by atoms with E-state index in [1.165, 1.54) is 83.5 Å². The van der Waals surface area contributed by atoms with E-state index in [-0.39, 0.29) is 36.6 Å². The summed E-state index contributed by atoms with van der Waals surface area (Å²) in [5.74, 6) is 0.0926. The molecule has 0 heterocycles. The molecule has 0 fully saturated rings. The van der Waals surface area contributed by atoms with Gasteiger partial charge < -0.3 is 17.6 Å². The molecule has 0 rings (SSSR count). The highest BCUT2D eigenvalue weighted by Crippen LogP contribution is 2.13. The molecule has 7 nitrogen and oxygen atoms in total. The van der Waals surface area contributed by atoms with Gasteiger partial charge in [0.05, 0.1) is 12.4 Å². The molecule has 1 amide bonds. The molecule has 0 aliphatic rings. The lowest BCUT2D eigenvalue weighted by Crippen LogP contribution is -2.32. The molecule has 8 heteroatoms. The second kappa shape index (κ2) is 25.9. The minimum Gasteiger partial charge on any atom is -0.354 e. The van der Waals surface area contributed by atoms with Crippen LogP contribution in [0.4, 0.5) is 0 Å². The summed E-state index contributed by atoms with van der Waals surface area (Å²) in [4.78, 5) is 12.0. The number of rotatable bonds is 23. The van der Waals surface area contributed by atoms with Gasteiger partial charge in [0.25, 0.3) is 10.1 Å². The van der Waals surface area contributed by atoms with Crippen LogP contribution in [0.1, 0.15) is 136 Å². The van der Waals surface area contributed by atoms with Crippen molar-refractivity contribution < 1.29 is 17.4 Å². The minimum atomic E-state index is -3.41. The smallest absolute Gasteiger partial charge is 0.267 e. The standard InChI is InChI=1S/C25H51NO4S.2H3N/c1-4-6-7-8-9-10-11-12-13-14-15-16-17-18-19-22-25(27)26-24(3)21-20-23-31(28,29)30-5-2;;/h24H,4-23H2,1-3H3,(H,26,27);2*1H3. The molecule has 0 aromatic heterocycles. The molecule has 0 saturated heterocycles. The van der Waals surface area contributed by atoms with E-state index in [1.807, 2.05) is 6.92 Å². The van der Waals surface area contributed by atoms with E-state index in [1.54, 1.807) is 6.92 Å². The average Bonchev–Trinajstić information content (AvgIpc) is 2.70. The zero-order valence-electron chi connectivity index (χ0n) is 22.2. The lowest BCUT2D eigenvalue weighted by molar-refractivity contribution is -0.121. The van der Waals surface area contributed by atoms with Gasteiger partial charge in [0, 0.05) is 12.5 Å². The van der Waals surface area contributed by atoms with Crippen LogP contribution in [0.3, 0.4) is 0 Å². The number of carbonyl (C=O) groups is 1. The van der Waals surface area contributed by atoms with E-state index in [0.29, 0.717) is 19.3 Å². The summed E-state index contributed by atoms with van der Waals surface area (Å²) in [7, 11) is -3.41. The van der Waals surface area contributed by atoms with E-state index in [0.717, 1.165) is 12.8 Å². The van der Waals surface area contributed by atoms with Crippen molar-refractivity contribution in [3.8, 4) is 0 Å². The first kappa shape index (κ1) is 36.9. The number of hydrogen-bond acceptors (Lipinski definition) is 6. The Kier molecular flexibility index (Phi) is 28.9. The fourth-order valence-electron chi connectivity index (χ4n) is 3.88. The number of hydrogen-bond donors (Lipinski definition) is 3. The Bertz CT molecular complexity index is 516. The largest absolute Gasteiger partial charge is 0.354 e. The molecule has 0 radical (unpaired) electrons. The van der Waals surface area contributed by atoms with Crippen LogP contribution >= 0.6 is 0 Å². The summed E-state index contributed by atoms with van der Waals surface area (Å²) in [6.07, 6.45) is 21.5. The van der Waals surface area contributed by atoms with Crippen molar-refractivity contribution >= 4 is 16.0 Å². The zero-order valence-corrected chi connectivity index (χ0v) is 23.0. The van der Waals surface area contributed by atoms with Crippen LogP contribution in [0.5, 0.6) is 0 Å². The summed E-state index contributed by atoms with van der Waals surface area (Å²) in [6.45, 7) is 6.04. The molecular weight excluding hydrogens is 438 g/mol. The molecule has 0 aliphatic carbocycles. The third-order valence-electron chi connectivity index (χ3n) is 5.74. The molecule has 1 atom stereocenters. The lowest BCUT2D eigenvalue weighted by atomic mass is 10.0. The molecule has 33 heavy (non-hydrogen) atoms. The zero-order chi connectivity index (χ0) is 23.2. The maximum atomic E-state index is 12.0. The molecule has 0 saturated carbocycles. The van der Waals surface area contributed by atoms with Crippen molar-refractivity contribution in [1.29, 1.82) is 0 Å². The first-order valence-corrected chi connectivity index (χ1v) is 14.7. The molecule has 1 unspecified atom stereocenters. The molecule has 0 aromatic carbocycles. The van der Waals surface area contributed by atoms with E-state index in [2.05, 4.69) is 12.2 Å². The first-order chi connectivity index (χ1) is 14.9. The average molecular weight is 496 g/mol. The minimum absolute atomic E-state index is 0. The summed E-state index contributed by atoms with van der Waals surface area (Å²) in [5, 5.41) is 2.97. The van der Waals surface area contributed by atoms with Gasteiger partial charge in [0.15, 0.2) is 0 Å². The maximum Gasteiger partial charge on any atom is 0.267 e. The van der Waals surface area contributed by atoms with Gasteiger partial charge in [-0.3, -0.25) is 8.98 Å². The number of unbranched alkanes of at least 4 members (excludes halogenated alkanes) is 14. The molecular formula is C25H57N3O4S. The van der Waals surface area contributed by atoms with Crippen LogP contribution in [0, 0.1) is 0 Å². The van der Waals surface area contributed by atoms with Crippen molar-refractivity contribution in [1.82, 2.24) is 17.6 Å². The summed E-state index contributed by atoms with van der Waals surface area (Å²) in [5.41, 5.74) is 0. The van der Waals surface area contributed by atoms with Crippen molar-refractivity contribution in [2.24, 2.45) is 0 Å². The normalized spacial score (nSPS) is 12.0. The third-order valence-corrected chi connectivity index (χ3v) is 7.13. The van der Waals surface area contributed by atoms with Crippen molar-refractivity contribution in [2.75, 3.05) is 12.4 Å². The Morgan fingerprint density at radius 3 is 1.58 bits per heavy atom. The van der Waals surface area contributed by atoms with Gasteiger partial charge >= 0.3 is 0 Å². The summed E-state index contributed by atoms with van der Waals surface area (Å²) < 4.78 is 27.7. The Morgan fingerprint density at radius 1 is 0.727 bits per heavy atom. The second-order valence-electron chi connectivity index (χ2n) is 8.98. The van der Waals surface area contributed by atoms with E-state index >= 15 is 0 Å². The highest BCUT2D eigenvalue weighted by molar-refractivity contribution is 7.86. The Hall–Kier alpha value is -0.700. The predicted molar refractivity (Wildman–Crippen MR) is 142 cm³/mol. The Balaban J connectivity index is -0.00000450. The van der Waals surface area contributed by atoms with E-state index in [4.69, 9.17) is 4.18 Å². The lowest BCUT2D eigenvalue weighted by Gasteiger charge is -2.13. The SMILES string of the molecule is CCCCCCCCCCCCCCCCCC(=O)NC(C)CCCS(=O)(=O)OCC.N.N. The summed E-state index contributed by atoms with van der Waals surface area (Å²) >= 11 is 0. The van der Waals surface area contributed by atoms with Crippen LogP contribution < -0.4 is 17.6 Å². The van der Waals surface area contributed by atoms with Crippen LogP contribution in [0.25, 0.3) is 0 Å². The van der Waals surface area contributed by atoms with Gasteiger partial charge in [-0.15, -0.1) is 0 Å². The molecule has 0 aromatic rings. The summed E-state index contributed by atoms with van der Waals surface area (Å²) in [6, 6.07) is 0.000618. The fraction of sp³-hybridized carbons (Fsp3) is 0.960. The van der Waals surface area contributed by atoms with Crippen LogP contribution in [0.15, 0.2) is 0 Å². The molecule has 7 N–H and O–H groups in total. The van der Waals surface area contributed by atoms with Gasteiger partial charge in [0.1, 0.15) is 0 Å². The van der Waals surface area contributed by atoms with Gasteiger partial charge in [-0.2, -0.15) is 8.42 Å². The molecule has 0 spiro atoms. The van der Waals surface area contributed by atoms with Crippen molar-refractivity contribution in [3.63, 3.8) is 0 Å². The molecule has 0 bridgehead atoms. The number of carbonyl (C=O) groups excluding carboxylic acids is 1. The molecule has 202 valence electrons. The van der Waals surface area contributed by atoms with Gasteiger partial charge in [-0.25, -0.2) is 0 Å². The second-order valence-corrected chi connectivity index (χ2v) is 10.7. The van der Waals surface area contributed by atoms with Crippen molar-refractivity contribution in [2.45, 2.75) is 142 Å². The van der Waals surface area contributed by atoms with Gasteiger partial charge in [0.2, 0.25) is 5.91 Å².